The van der Waals surface area contributed by atoms with Crippen LogP contribution < -0.4 is 0 Å². The topological polar surface area (TPSA) is 46.6 Å². The molecule has 0 aliphatic carbocycles. The van der Waals surface area contributed by atoms with Crippen LogP contribution in [0.4, 0.5) is 13.2 Å². The first-order valence-corrected chi connectivity index (χ1v) is 8.73. The van der Waals surface area contributed by atoms with Crippen molar-refractivity contribution >= 4 is 11.8 Å². The Morgan fingerprint density at radius 3 is 2.36 bits per heavy atom. The third-order valence-electron chi connectivity index (χ3n) is 4.03. The number of ketones is 1. The van der Waals surface area contributed by atoms with Crippen LogP contribution in [0.25, 0.3) is 0 Å². The van der Waals surface area contributed by atoms with E-state index in [9.17, 15) is 22.8 Å². The lowest BCUT2D eigenvalue weighted by atomic mass is 10.0. The van der Waals surface area contributed by atoms with Crippen molar-refractivity contribution in [3.63, 3.8) is 0 Å². The van der Waals surface area contributed by atoms with E-state index in [0.29, 0.717) is 6.54 Å². The van der Waals surface area contributed by atoms with E-state index in [-0.39, 0.29) is 17.9 Å². The summed E-state index contributed by atoms with van der Waals surface area (Å²) in [6.45, 7) is 1.96. The third-order valence-corrected chi connectivity index (χ3v) is 4.03. The Labute approximate surface area is 161 Å². The first kappa shape index (κ1) is 21.6. The van der Waals surface area contributed by atoms with Gasteiger partial charge in [-0.15, -0.1) is 0 Å². The summed E-state index contributed by atoms with van der Waals surface area (Å²) in [6, 6.07) is 14.2. The zero-order chi connectivity index (χ0) is 20.7. The highest BCUT2D eigenvalue weighted by Gasteiger charge is 2.31. The van der Waals surface area contributed by atoms with Crippen molar-refractivity contribution in [3.05, 3.63) is 71.3 Å². The molecule has 0 fully saturated rings. The molecular formula is C21H22F3NO3. The second kappa shape index (κ2) is 9.50. The van der Waals surface area contributed by atoms with E-state index in [1.807, 2.05) is 35.2 Å². The van der Waals surface area contributed by atoms with Gasteiger partial charge in [0, 0.05) is 13.1 Å². The van der Waals surface area contributed by atoms with Crippen LogP contribution in [0.5, 0.6) is 0 Å². The second-order valence-electron chi connectivity index (χ2n) is 6.66. The quantitative estimate of drug-likeness (QED) is 0.493. The monoisotopic (exact) mass is 393 g/mol. The number of Topliss-reactive ketones (excluding diaryl/α,β-unsaturated/α-hetero) is 1. The molecule has 0 N–H and O–H groups in total. The first-order chi connectivity index (χ1) is 13.1. The minimum atomic E-state index is -4.50. The van der Waals surface area contributed by atoms with Gasteiger partial charge < -0.3 is 4.74 Å². The highest BCUT2D eigenvalue weighted by atomic mass is 19.4. The number of hydrogen-bond acceptors (Lipinski definition) is 4. The van der Waals surface area contributed by atoms with E-state index in [2.05, 4.69) is 0 Å². The summed E-state index contributed by atoms with van der Waals surface area (Å²) in [5, 5.41) is 0. The van der Waals surface area contributed by atoms with Gasteiger partial charge in [0.2, 0.25) is 0 Å². The summed E-state index contributed by atoms with van der Waals surface area (Å²) in [6.07, 6.45) is -5.85. The van der Waals surface area contributed by atoms with E-state index < -0.39 is 30.2 Å². The lowest BCUT2D eigenvalue weighted by Crippen LogP contribution is -2.28. The largest absolute Gasteiger partial charge is 0.456 e. The maximum absolute atomic E-state index is 13.1. The molecule has 0 bridgehead atoms. The average molecular weight is 393 g/mol. The van der Waals surface area contributed by atoms with Gasteiger partial charge in [0.15, 0.2) is 0 Å². The predicted octanol–water partition coefficient (Wildman–Crippen LogP) is 4.40. The van der Waals surface area contributed by atoms with Crippen molar-refractivity contribution in [1.82, 2.24) is 4.90 Å². The molecule has 2 rings (SSSR count). The van der Waals surface area contributed by atoms with Gasteiger partial charge in [-0.1, -0.05) is 42.5 Å². The number of halogens is 3. The number of rotatable bonds is 8. The Hall–Kier alpha value is -2.67. The van der Waals surface area contributed by atoms with E-state index >= 15 is 0 Å². The van der Waals surface area contributed by atoms with Crippen LogP contribution in [0.1, 0.15) is 36.1 Å². The van der Waals surface area contributed by atoms with Gasteiger partial charge in [-0.25, -0.2) is 0 Å². The van der Waals surface area contributed by atoms with Crippen LogP contribution in [0.2, 0.25) is 0 Å². The third kappa shape index (κ3) is 6.81. The zero-order valence-corrected chi connectivity index (χ0v) is 15.7. The molecule has 7 heteroatoms. The fraction of sp³-hybridized carbons (Fsp3) is 0.333. The maximum atomic E-state index is 13.1. The van der Waals surface area contributed by atoms with Crippen LogP contribution in [-0.4, -0.2) is 30.2 Å². The van der Waals surface area contributed by atoms with Crippen LogP contribution in [0, 0.1) is 0 Å². The minimum Gasteiger partial charge on any atom is -0.456 e. The standard InChI is InChI=1S/C21H22F3NO3/c1-15(26)11-20(27)28-19(14-25(2)13-16-7-4-3-5-8-16)17-9-6-10-18(12-17)21(22,23)24/h3-10,12,19H,11,13-14H2,1-2H3. The van der Waals surface area contributed by atoms with Crippen LogP contribution in [0.15, 0.2) is 54.6 Å². The Bertz CT molecular complexity index is 806. The highest BCUT2D eigenvalue weighted by Crippen LogP contribution is 2.31. The molecule has 28 heavy (non-hydrogen) atoms. The lowest BCUT2D eigenvalue weighted by molar-refractivity contribution is -0.151. The zero-order valence-electron chi connectivity index (χ0n) is 15.7. The highest BCUT2D eigenvalue weighted by molar-refractivity contribution is 5.94. The second-order valence-corrected chi connectivity index (χ2v) is 6.66. The average Bonchev–Trinajstić information content (AvgIpc) is 2.60. The molecule has 0 aliphatic rings. The van der Waals surface area contributed by atoms with Crippen molar-refractivity contribution in [3.8, 4) is 0 Å². The number of likely N-dealkylation sites (N-methyl/N-ethyl adjacent to an activating group) is 1. The molecule has 2 aromatic carbocycles. The van der Waals surface area contributed by atoms with E-state index in [1.165, 1.54) is 19.1 Å². The molecule has 0 radical (unpaired) electrons. The molecule has 0 aliphatic heterocycles. The molecule has 150 valence electrons. The number of hydrogen-bond donors (Lipinski definition) is 0. The Kier molecular flexibility index (Phi) is 7.34. The van der Waals surface area contributed by atoms with Crippen LogP contribution in [-0.2, 0) is 27.0 Å². The molecular weight excluding hydrogens is 371 g/mol. The Morgan fingerprint density at radius 1 is 1.07 bits per heavy atom. The van der Waals surface area contributed by atoms with Crippen molar-refractivity contribution < 1.29 is 27.5 Å². The fourth-order valence-electron chi connectivity index (χ4n) is 2.77. The Morgan fingerprint density at radius 2 is 1.75 bits per heavy atom. The van der Waals surface area contributed by atoms with Gasteiger partial charge in [0.05, 0.1) is 5.56 Å². The molecule has 0 aromatic heterocycles. The van der Waals surface area contributed by atoms with Gasteiger partial charge in [-0.05, 0) is 37.2 Å². The smallest absolute Gasteiger partial charge is 0.416 e. The predicted molar refractivity (Wildman–Crippen MR) is 98.4 cm³/mol. The fourth-order valence-corrected chi connectivity index (χ4v) is 2.77. The summed E-state index contributed by atoms with van der Waals surface area (Å²) in [5.74, 6) is -1.13. The summed E-state index contributed by atoms with van der Waals surface area (Å²) in [5.41, 5.74) is 0.429. The SMILES string of the molecule is CC(=O)CC(=O)OC(CN(C)Cc1ccccc1)c1cccc(C(F)(F)F)c1. The summed E-state index contributed by atoms with van der Waals surface area (Å²) in [4.78, 5) is 25.0. The molecule has 0 heterocycles. The number of esters is 1. The van der Waals surface area contributed by atoms with Gasteiger partial charge in [-0.3, -0.25) is 14.5 Å². The lowest BCUT2D eigenvalue weighted by Gasteiger charge is -2.25. The first-order valence-electron chi connectivity index (χ1n) is 8.73. The Balaban J connectivity index is 2.21. The molecule has 1 unspecified atom stereocenters. The minimum absolute atomic E-state index is 0.180. The summed E-state index contributed by atoms with van der Waals surface area (Å²) < 4.78 is 44.5. The van der Waals surface area contributed by atoms with E-state index in [4.69, 9.17) is 4.74 Å². The summed E-state index contributed by atoms with van der Waals surface area (Å²) >= 11 is 0. The maximum Gasteiger partial charge on any atom is 0.416 e. The number of benzene rings is 2. The molecule has 0 spiro atoms. The van der Waals surface area contributed by atoms with Gasteiger partial charge in [0.1, 0.15) is 18.3 Å². The molecule has 4 nitrogen and oxygen atoms in total. The normalized spacial score (nSPS) is 12.6. The van der Waals surface area contributed by atoms with Crippen molar-refractivity contribution in [2.24, 2.45) is 0 Å². The van der Waals surface area contributed by atoms with Crippen molar-refractivity contribution in [2.45, 2.75) is 32.2 Å². The van der Waals surface area contributed by atoms with E-state index in [1.54, 1.807) is 7.05 Å². The molecule has 1 atom stereocenters. The van der Waals surface area contributed by atoms with E-state index in [0.717, 1.165) is 17.7 Å². The molecule has 2 aromatic rings. The van der Waals surface area contributed by atoms with Gasteiger partial charge in [-0.2, -0.15) is 13.2 Å². The van der Waals surface area contributed by atoms with Crippen molar-refractivity contribution in [1.29, 1.82) is 0 Å². The number of nitrogens with zero attached hydrogens (tertiary/aromatic N) is 1. The van der Waals surface area contributed by atoms with Crippen LogP contribution in [0.3, 0.4) is 0 Å². The number of alkyl halides is 3. The van der Waals surface area contributed by atoms with Crippen LogP contribution >= 0.6 is 0 Å². The van der Waals surface area contributed by atoms with Gasteiger partial charge >= 0.3 is 12.1 Å². The number of carbonyl (C=O) groups excluding carboxylic acids is 2. The van der Waals surface area contributed by atoms with Crippen molar-refractivity contribution in [2.75, 3.05) is 13.6 Å². The number of carbonyl (C=O) groups is 2. The van der Waals surface area contributed by atoms with Gasteiger partial charge in [0.25, 0.3) is 0 Å². The number of ether oxygens (including phenoxy) is 1. The summed E-state index contributed by atoms with van der Waals surface area (Å²) in [7, 11) is 1.78. The molecule has 0 amide bonds. The molecule has 0 saturated carbocycles. The molecule has 0 saturated heterocycles.